The molecular formula is C11H13N3OS. The van der Waals surface area contributed by atoms with Crippen LogP contribution in [-0.4, -0.2) is 26.5 Å². The second-order valence-electron chi connectivity index (χ2n) is 3.60. The van der Waals surface area contributed by atoms with E-state index in [4.69, 9.17) is 0 Å². The highest BCUT2D eigenvalue weighted by Crippen LogP contribution is 2.16. The smallest absolute Gasteiger partial charge is 0.174 e. The number of Topliss-reactive ketones (excluding diaryl/α,β-unsaturated/α-hetero) is 1. The van der Waals surface area contributed by atoms with E-state index < -0.39 is 0 Å². The van der Waals surface area contributed by atoms with Crippen LogP contribution in [0.1, 0.15) is 21.7 Å². The van der Waals surface area contributed by atoms with Gasteiger partial charge in [0.1, 0.15) is 0 Å². The molecule has 2 aromatic heterocycles. The molecule has 16 heavy (non-hydrogen) atoms. The summed E-state index contributed by atoms with van der Waals surface area (Å²) in [4.78, 5) is 22.0. The number of imidazole rings is 1. The standard InChI is InChI=1S/C11H13N3OS/c1-7-5-9(8(2)14-7)10(15)6-16-11-12-3-4-13-11/h3-5,14H,6H2,1-2H3,(H,12,13). The summed E-state index contributed by atoms with van der Waals surface area (Å²) in [5.41, 5.74) is 2.72. The third kappa shape index (κ3) is 2.36. The van der Waals surface area contributed by atoms with Gasteiger partial charge in [-0.05, 0) is 19.9 Å². The lowest BCUT2D eigenvalue weighted by Crippen LogP contribution is -2.03. The zero-order valence-corrected chi connectivity index (χ0v) is 10.0. The van der Waals surface area contributed by atoms with Gasteiger partial charge < -0.3 is 9.97 Å². The molecule has 0 aliphatic rings. The Morgan fingerprint density at radius 3 is 2.88 bits per heavy atom. The zero-order chi connectivity index (χ0) is 11.5. The predicted molar refractivity (Wildman–Crippen MR) is 63.9 cm³/mol. The molecule has 0 saturated heterocycles. The molecule has 0 aliphatic heterocycles. The van der Waals surface area contributed by atoms with Crippen molar-refractivity contribution >= 4 is 17.5 Å². The Labute approximate surface area is 97.9 Å². The van der Waals surface area contributed by atoms with Crippen LogP contribution in [0.5, 0.6) is 0 Å². The van der Waals surface area contributed by atoms with E-state index in [0.29, 0.717) is 5.75 Å². The lowest BCUT2D eigenvalue weighted by Gasteiger charge is -1.97. The highest BCUT2D eigenvalue weighted by molar-refractivity contribution is 7.99. The Morgan fingerprint density at radius 1 is 1.50 bits per heavy atom. The molecule has 0 saturated carbocycles. The number of hydrogen-bond acceptors (Lipinski definition) is 3. The maximum Gasteiger partial charge on any atom is 0.174 e. The molecular weight excluding hydrogens is 222 g/mol. The van der Waals surface area contributed by atoms with Gasteiger partial charge in [-0.2, -0.15) is 0 Å². The van der Waals surface area contributed by atoms with E-state index in [0.717, 1.165) is 22.1 Å². The maximum atomic E-state index is 11.9. The summed E-state index contributed by atoms with van der Waals surface area (Å²) in [6, 6.07) is 1.89. The fourth-order valence-corrected chi connectivity index (χ4v) is 2.27. The quantitative estimate of drug-likeness (QED) is 0.631. The van der Waals surface area contributed by atoms with Crippen LogP contribution in [-0.2, 0) is 0 Å². The Kier molecular flexibility index (Phi) is 3.14. The largest absolute Gasteiger partial charge is 0.362 e. The molecule has 2 N–H and O–H groups in total. The van der Waals surface area contributed by atoms with Crippen molar-refractivity contribution in [1.82, 2.24) is 15.0 Å². The first-order valence-corrected chi connectivity index (χ1v) is 5.97. The van der Waals surface area contributed by atoms with Gasteiger partial charge in [0, 0.05) is 29.3 Å². The highest BCUT2D eigenvalue weighted by atomic mass is 32.2. The van der Waals surface area contributed by atoms with E-state index in [-0.39, 0.29) is 5.78 Å². The van der Waals surface area contributed by atoms with Crippen LogP contribution in [0.4, 0.5) is 0 Å². The van der Waals surface area contributed by atoms with Crippen LogP contribution in [0, 0.1) is 13.8 Å². The third-order valence-corrected chi connectivity index (χ3v) is 3.17. The number of thioether (sulfide) groups is 1. The number of ketones is 1. The Morgan fingerprint density at radius 2 is 2.31 bits per heavy atom. The minimum atomic E-state index is 0.128. The molecule has 0 aromatic carbocycles. The first kappa shape index (κ1) is 11.0. The first-order valence-electron chi connectivity index (χ1n) is 4.98. The summed E-state index contributed by atoms with van der Waals surface area (Å²) < 4.78 is 0. The number of aromatic nitrogens is 3. The second kappa shape index (κ2) is 4.57. The van der Waals surface area contributed by atoms with Gasteiger partial charge in [-0.25, -0.2) is 4.98 Å². The number of rotatable bonds is 4. The predicted octanol–water partition coefficient (Wildman–Crippen LogP) is 2.33. The van der Waals surface area contributed by atoms with Gasteiger partial charge in [-0.3, -0.25) is 4.79 Å². The van der Waals surface area contributed by atoms with Gasteiger partial charge in [0.25, 0.3) is 0 Å². The van der Waals surface area contributed by atoms with Crippen LogP contribution in [0.3, 0.4) is 0 Å². The highest BCUT2D eigenvalue weighted by Gasteiger charge is 2.12. The minimum absolute atomic E-state index is 0.128. The normalized spacial score (nSPS) is 10.6. The number of H-pyrrole nitrogens is 2. The van der Waals surface area contributed by atoms with E-state index in [9.17, 15) is 4.79 Å². The summed E-state index contributed by atoms with van der Waals surface area (Å²) in [5.74, 6) is 0.536. The number of aromatic amines is 2. The fraction of sp³-hybridized carbons (Fsp3) is 0.273. The molecule has 0 amide bonds. The molecule has 0 atom stereocenters. The van der Waals surface area contributed by atoms with Gasteiger partial charge in [0.05, 0.1) is 5.75 Å². The number of carbonyl (C=O) groups is 1. The molecule has 2 rings (SSSR count). The van der Waals surface area contributed by atoms with E-state index in [1.54, 1.807) is 12.4 Å². The number of carbonyl (C=O) groups excluding carboxylic acids is 1. The number of nitrogens with one attached hydrogen (secondary N) is 2. The second-order valence-corrected chi connectivity index (χ2v) is 4.56. The third-order valence-electron chi connectivity index (χ3n) is 2.26. The van der Waals surface area contributed by atoms with Gasteiger partial charge in [0.2, 0.25) is 0 Å². The van der Waals surface area contributed by atoms with Gasteiger partial charge in [-0.15, -0.1) is 0 Å². The SMILES string of the molecule is Cc1cc(C(=O)CSc2ncc[nH]2)c(C)[nH]1. The van der Waals surface area contributed by atoms with Crippen molar-refractivity contribution in [2.45, 2.75) is 19.0 Å². The monoisotopic (exact) mass is 235 g/mol. The number of aryl methyl sites for hydroxylation is 2. The number of hydrogen-bond donors (Lipinski definition) is 2. The van der Waals surface area contributed by atoms with Gasteiger partial charge >= 0.3 is 0 Å². The Hall–Kier alpha value is -1.49. The molecule has 0 spiro atoms. The van der Waals surface area contributed by atoms with Crippen LogP contribution in [0.2, 0.25) is 0 Å². The topological polar surface area (TPSA) is 61.5 Å². The van der Waals surface area contributed by atoms with E-state index in [2.05, 4.69) is 15.0 Å². The van der Waals surface area contributed by atoms with Gasteiger partial charge in [0.15, 0.2) is 10.9 Å². The molecule has 2 heterocycles. The lowest BCUT2D eigenvalue weighted by atomic mass is 10.2. The average Bonchev–Trinajstić information content (AvgIpc) is 2.84. The van der Waals surface area contributed by atoms with Crippen LogP contribution < -0.4 is 0 Å². The summed E-state index contributed by atoms with van der Waals surface area (Å²) in [6.07, 6.45) is 3.43. The van der Waals surface area contributed by atoms with Crippen LogP contribution in [0.15, 0.2) is 23.6 Å². The van der Waals surface area contributed by atoms with Crippen LogP contribution in [0.25, 0.3) is 0 Å². The van der Waals surface area contributed by atoms with Gasteiger partial charge in [-0.1, -0.05) is 11.8 Å². The molecule has 0 bridgehead atoms. The zero-order valence-electron chi connectivity index (χ0n) is 9.20. The molecule has 0 radical (unpaired) electrons. The summed E-state index contributed by atoms with van der Waals surface area (Å²) in [6.45, 7) is 3.86. The van der Waals surface area contributed by atoms with Crippen molar-refractivity contribution in [2.24, 2.45) is 0 Å². The maximum absolute atomic E-state index is 11.9. The summed E-state index contributed by atoms with van der Waals surface area (Å²) in [7, 11) is 0. The summed E-state index contributed by atoms with van der Waals surface area (Å²) >= 11 is 1.42. The Balaban J connectivity index is 2.01. The number of nitrogens with zero attached hydrogens (tertiary/aromatic N) is 1. The molecule has 4 nitrogen and oxygen atoms in total. The van der Waals surface area contributed by atoms with E-state index in [1.165, 1.54) is 11.8 Å². The molecule has 5 heteroatoms. The molecule has 84 valence electrons. The fourth-order valence-electron chi connectivity index (χ4n) is 1.55. The molecule has 0 aliphatic carbocycles. The van der Waals surface area contributed by atoms with Crippen molar-refractivity contribution < 1.29 is 4.79 Å². The van der Waals surface area contributed by atoms with Crippen molar-refractivity contribution in [3.63, 3.8) is 0 Å². The lowest BCUT2D eigenvalue weighted by molar-refractivity contribution is 0.102. The Bertz CT molecular complexity index is 487. The molecule has 0 unspecified atom stereocenters. The van der Waals surface area contributed by atoms with Crippen molar-refractivity contribution in [1.29, 1.82) is 0 Å². The van der Waals surface area contributed by atoms with Crippen molar-refractivity contribution in [2.75, 3.05) is 5.75 Å². The molecule has 0 fully saturated rings. The average molecular weight is 235 g/mol. The van der Waals surface area contributed by atoms with Crippen molar-refractivity contribution in [3.8, 4) is 0 Å². The van der Waals surface area contributed by atoms with Crippen molar-refractivity contribution in [3.05, 3.63) is 35.4 Å². The van der Waals surface area contributed by atoms with Crippen LogP contribution >= 0.6 is 11.8 Å². The minimum Gasteiger partial charge on any atom is -0.362 e. The van der Waals surface area contributed by atoms with E-state index in [1.807, 2.05) is 19.9 Å². The van der Waals surface area contributed by atoms with E-state index >= 15 is 0 Å². The first-order chi connectivity index (χ1) is 7.66. The molecule has 2 aromatic rings. The summed E-state index contributed by atoms with van der Waals surface area (Å²) in [5, 5.41) is 0.776.